The maximum atomic E-state index is 11.6. The average molecular weight is 291 g/mol. The van der Waals surface area contributed by atoms with Crippen LogP contribution in [0.1, 0.15) is 27.7 Å². The Kier molecular flexibility index (Phi) is 5.72. The fourth-order valence-corrected chi connectivity index (χ4v) is 0.955. The van der Waals surface area contributed by atoms with Gasteiger partial charge in [-0.1, -0.05) is 43.3 Å². The second-order valence-corrected chi connectivity index (χ2v) is 5.80. The first kappa shape index (κ1) is 15.2. The van der Waals surface area contributed by atoms with Gasteiger partial charge in [-0.15, -0.1) is 0 Å². The van der Waals surface area contributed by atoms with E-state index < -0.39 is 11.5 Å². The number of amides is 2. The monoisotopic (exact) mass is 290 g/mol. The molecule has 0 bridgehead atoms. The Morgan fingerprint density at radius 2 is 1.88 bits per heavy atom. The first-order valence-electron chi connectivity index (χ1n) is 5.06. The highest BCUT2D eigenvalue weighted by atomic mass is 79.9. The first-order chi connectivity index (χ1) is 7.14. The molecule has 0 rings (SSSR count). The van der Waals surface area contributed by atoms with Crippen LogP contribution in [0.25, 0.3) is 0 Å². The Balaban J connectivity index is 4.16. The van der Waals surface area contributed by atoms with Crippen LogP contribution in [0.2, 0.25) is 0 Å². The lowest BCUT2D eigenvalue weighted by Gasteiger charge is -2.21. The van der Waals surface area contributed by atoms with Crippen molar-refractivity contribution in [2.75, 3.05) is 6.54 Å². The minimum Gasteiger partial charge on any atom is -0.350 e. The topological polar surface area (TPSA) is 58.2 Å². The van der Waals surface area contributed by atoms with Gasteiger partial charge < -0.3 is 10.6 Å². The van der Waals surface area contributed by atoms with Crippen LogP contribution >= 0.6 is 15.9 Å². The van der Waals surface area contributed by atoms with Gasteiger partial charge in [0.1, 0.15) is 6.04 Å². The van der Waals surface area contributed by atoms with E-state index in [0.717, 1.165) is 0 Å². The summed E-state index contributed by atoms with van der Waals surface area (Å²) in [6.07, 6.45) is 0. The van der Waals surface area contributed by atoms with Gasteiger partial charge in [0.05, 0.1) is 0 Å². The number of carbonyl (C=O) groups is 2. The van der Waals surface area contributed by atoms with E-state index in [-0.39, 0.29) is 11.8 Å². The Morgan fingerprint density at radius 3 is 2.25 bits per heavy atom. The van der Waals surface area contributed by atoms with Crippen LogP contribution < -0.4 is 10.6 Å². The highest BCUT2D eigenvalue weighted by Gasteiger charge is 2.24. The predicted molar refractivity (Wildman–Crippen MR) is 68.1 cm³/mol. The van der Waals surface area contributed by atoms with E-state index in [2.05, 4.69) is 33.1 Å². The number of nitrogens with one attached hydrogen (secondary N) is 2. The van der Waals surface area contributed by atoms with Crippen LogP contribution in [0.5, 0.6) is 0 Å². The van der Waals surface area contributed by atoms with Crippen molar-refractivity contribution in [1.82, 2.24) is 10.6 Å². The molecule has 1 atom stereocenters. The summed E-state index contributed by atoms with van der Waals surface area (Å²) in [4.78, 5) is 23.1. The molecule has 5 heteroatoms. The van der Waals surface area contributed by atoms with Crippen LogP contribution in [-0.2, 0) is 9.59 Å². The van der Waals surface area contributed by atoms with Gasteiger partial charge in [-0.2, -0.15) is 0 Å². The van der Waals surface area contributed by atoms with Crippen molar-refractivity contribution in [1.29, 1.82) is 0 Å². The van der Waals surface area contributed by atoms with E-state index in [4.69, 9.17) is 0 Å². The summed E-state index contributed by atoms with van der Waals surface area (Å²) >= 11 is 3.14. The quantitative estimate of drug-likeness (QED) is 0.826. The van der Waals surface area contributed by atoms with Gasteiger partial charge in [-0.05, 0) is 6.92 Å². The van der Waals surface area contributed by atoms with Crippen molar-refractivity contribution in [2.24, 2.45) is 5.41 Å². The highest BCUT2D eigenvalue weighted by molar-refractivity contribution is 9.11. The molecule has 92 valence electrons. The summed E-state index contributed by atoms with van der Waals surface area (Å²) in [6.45, 7) is 11.0. The zero-order chi connectivity index (χ0) is 12.9. The zero-order valence-electron chi connectivity index (χ0n) is 10.2. The Bertz CT molecular complexity index is 295. The Morgan fingerprint density at radius 1 is 1.38 bits per heavy atom. The molecule has 1 unspecified atom stereocenters. The van der Waals surface area contributed by atoms with E-state index in [0.29, 0.717) is 11.0 Å². The van der Waals surface area contributed by atoms with Crippen LogP contribution in [0.3, 0.4) is 0 Å². The molecule has 2 amide bonds. The van der Waals surface area contributed by atoms with Crippen molar-refractivity contribution >= 4 is 27.7 Å². The second-order valence-electron chi connectivity index (χ2n) is 4.68. The third-order valence-electron chi connectivity index (χ3n) is 1.88. The first-order valence-corrected chi connectivity index (χ1v) is 5.86. The van der Waals surface area contributed by atoms with Crippen LogP contribution in [0.15, 0.2) is 11.1 Å². The molecule has 16 heavy (non-hydrogen) atoms. The van der Waals surface area contributed by atoms with Gasteiger partial charge >= 0.3 is 0 Å². The van der Waals surface area contributed by atoms with Crippen molar-refractivity contribution in [3.05, 3.63) is 11.1 Å². The van der Waals surface area contributed by atoms with Gasteiger partial charge in [-0.3, -0.25) is 9.59 Å². The van der Waals surface area contributed by atoms with E-state index in [1.807, 2.05) is 0 Å². The smallest absolute Gasteiger partial charge is 0.242 e. The van der Waals surface area contributed by atoms with Gasteiger partial charge in [0.2, 0.25) is 11.8 Å². The standard InChI is InChI=1S/C11H19BrN2O2/c1-7(12)6-13-9(15)8(2)14-10(16)11(3,4)5/h8H,1,6H2,2-5H3,(H,13,15)(H,14,16). The molecule has 0 heterocycles. The van der Waals surface area contributed by atoms with Crippen molar-refractivity contribution in [2.45, 2.75) is 33.7 Å². The molecule has 0 saturated heterocycles. The predicted octanol–water partition coefficient (Wildman–Crippen LogP) is 1.56. The van der Waals surface area contributed by atoms with Crippen molar-refractivity contribution in [3.63, 3.8) is 0 Å². The van der Waals surface area contributed by atoms with Gasteiger partial charge in [0.25, 0.3) is 0 Å². The number of rotatable bonds is 4. The van der Waals surface area contributed by atoms with E-state index in [9.17, 15) is 9.59 Å². The van der Waals surface area contributed by atoms with Crippen molar-refractivity contribution < 1.29 is 9.59 Å². The second kappa shape index (κ2) is 6.03. The molecular weight excluding hydrogens is 272 g/mol. The lowest BCUT2D eigenvalue weighted by atomic mass is 9.95. The molecular formula is C11H19BrN2O2. The van der Waals surface area contributed by atoms with Gasteiger partial charge in [0, 0.05) is 16.4 Å². The van der Waals surface area contributed by atoms with Crippen molar-refractivity contribution in [3.8, 4) is 0 Å². The minimum atomic E-state index is -0.543. The Hall–Kier alpha value is -0.840. The van der Waals surface area contributed by atoms with E-state index >= 15 is 0 Å². The third-order valence-corrected chi connectivity index (χ3v) is 2.16. The zero-order valence-corrected chi connectivity index (χ0v) is 11.8. The number of hydrogen-bond acceptors (Lipinski definition) is 2. The lowest BCUT2D eigenvalue weighted by molar-refractivity contribution is -0.133. The van der Waals surface area contributed by atoms with E-state index in [1.54, 1.807) is 27.7 Å². The Labute approximate surface area is 105 Å². The van der Waals surface area contributed by atoms with E-state index in [1.165, 1.54) is 0 Å². The summed E-state index contributed by atoms with van der Waals surface area (Å²) < 4.78 is 0.690. The normalized spacial score (nSPS) is 12.8. The largest absolute Gasteiger partial charge is 0.350 e. The van der Waals surface area contributed by atoms with Gasteiger partial charge in [0.15, 0.2) is 0 Å². The molecule has 4 nitrogen and oxygen atoms in total. The fraction of sp³-hybridized carbons (Fsp3) is 0.636. The molecule has 0 radical (unpaired) electrons. The molecule has 0 aliphatic heterocycles. The molecule has 0 spiro atoms. The molecule has 0 saturated carbocycles. The molecule has 0 aromatic heterocycles. The third kappa shape index (κ3) is 5.90. The highest BCUT2D eigenvalue weighted by Crippen LogP contribution is 2.12. The van der Waals surface area contributed by atoms with Crippen LogP contribution in [-0.4, -0.2) is 24.4 Å². The molecule has 0 aliphatic rings. The SMILES string of the molecule is C=C(Br)CNC(=O)C(C)NC(=O)C(C)(C)C. The van der Waals surface area contributed by atoms with Crippen LogP contribution in [0.4, 0.5) is 0 Å². The summed E-state index contributed by atoms with van der Waals surface area (Å²) in [5.41, 5.74) is -0.492. The molecule has 2 N–H and O–H groups in total. The van der Waals surface area contributed by atoms with Gasteiger partial charge in [-0.25, -0.2) is 0 Å². The summed E-state index contributed by atoms with van der Waals surface area (Å²) in [6, 6.07) is -0.543. The summed E-state index contributed by atoms with van der Waals surface area (Å²) in [5, 5.41) is 5.29. The summed E-state index contributed by atoms with van der Waals surface area (Å²) in [7, 11) is 0. The number of halogens is 1. The maximum Gasteiger partial charge on any atom is 0.242 e. The maximum absolute atomic E-state index is 11.6. The minimum absolute atomic E-state index is 0.146. The fourth-order valence-electron chi connectivity index (χ4n) is 0.815. The molecule has 0 aliphatic carbocycles. The number of hydrogen-bond donors (Lipinski definition) is 2. The number of carbonyl (C=O) groups excluding carboxylic acids is 2. The summed E-state index contributed by atoms with van der Waals surface area (Å²) in [5.74, 6) is -0.369. The van der Waals surface area contributed by atoms with Crippen LogP contribution in [0, 0.1) is 5.41 Å². The molecule has 0 fully saturated rings. The average Bonchev–Trinajstić information content (AvgIpc) is 2.12. The molecule has 0 aromatic carbocycles. The lowest BCUT2D eigenvalue weighted by Crippen LogP contribution is -2.48. The molecule has 0 aromatic rings.